The first kappa shape index (κ1) is 42.7. The standard InChI is InChI=1S/C21H24Cl2N6O2.C17H19Cl2IN4O2/c1-14-11-28(13-24-14)21-20(23)15(2)29(25-21)12-19(30)27-8-6-26(7-9-27)16-4-5-17(22)18(10-16)31-3;1-11-16(19)17(20)21-24(11)10-15(25)23-7-5-22(6-8-23)12-3-4-13(18)14(9-12)26-2/h4-5,10-11,13H,6-9,12H2,1-3H3;3-4,9H,5-8,10H2,1-2H3. The fourth-order valence-electron chi connectivity index (χ4n) is 6.58. The maximum Gasteiger partial charge on any atom is 0.244 e. The molecule has 19 heteroatoms. The van der Waals surface area contributed by atoms with E-state index < -0.39 is 0 Å². The number of methoxy groups -OCH3 is 2. The summed E-state index contributed by atoms with van der Waals surface area (Å²) in [6.07, 6.45) is 3.52. The first-order chi connectivity index (χ1) is 27.3. The lowest BCUT2D eigenvalue weighted by molar-refractivity contribution is -0.133. The summed E-state index contributed by atoms with van der Waals surface area (Å²) in [5.41, 5.74) is 4.51. The molecule has 0 saturated carbocycles. The molecular formula is C38H43Cl4IN10O4. The maximum absolute atomic E-state index is 12.9. The number of carbonyl (C=O) groups excluding carboxylic acids is 2. The minimum Gasteiger partial charge on any atom is -0.495 e. The van der Waals surface area contributed by atoms with Crippen molar-refractivity contribution in [2.75, 3.05) is 76.4 Å². The quantitative estimate of drug-likeness (QED) is 0.147. The molecule has 304 valence electrons. The van der Waals surface area contributed by atoms with Crippen molar-refractivity contribution in [3.8, 4) is 17.3 Å². The van der Waals surface area contributed by atoms with Crippen LogP contribution in [0, 0.1) is 24.5 Å². The lowest BCUT2D eigenvalue weighted by Gasteiger charge is -2.36. The van der Waals surface area contributed by atoms with E-state index in [0.29, 0.717) is 63.6 Å². The molecule has 2 aliphatic heterocycles. The van der Waals surface area contributed by atoms with Crippen molar-refractivity contribution in [2.45, 2.75) is 33.9 Å². The van der Waals surface area contributed by atoms with Gasteiger partial charge in [-0.15, -0.1) is 0 Å². The van der Waals surface area contributed by atoms with E-state index in [4.69, 9.17) is 55.9 Å². The lowest BCUT2D eigenvalue weighted by atomic mass is 10.2. The van der Waals surface area contributed by atoms with Crippen molar-refractivity contribution in [1.29, 1.82) is 0 Å². The fraction of sp³-hybridized carbons (Fsp3) is 0.395. The van der Waals surface area contributed by atoms with E-state index in [1.807, 2.05) is 73.2 Å². The van der Waals surface area contributed by atoms with Crippen LogP contribution in [-0.2, 0) is 22.7 Å². The van der Waals surface area contributed by atoms with Crippen molar-refractivity contribution in [2.24, 2.45) is 0 Å². The Bertz CT molecular complexity index is 2230. The highest BCUT2D eigenvalue weighted by Crippen LogP contribution is 2.31. The molecule has 0 atom stereocenters. The van der Waals surface area contributed by atoms with Crippen LogP contribution < -0.4 is 19.3 Å². The van der Waals surface area contributed by atoms with Crippen LogP contribution in [0.1, 0.15) is 17.1 Å². The van der Waals surface area contributed by atoms with Crippen LogP contribution in [0.2, 0.25) is 20.1 Å². The number of imidazole rings is 1. The monoisotopic (exact) mass is 970 g/mol. The number of amides is 2. The number of ether oxygens (including phenoxy) is 2. The lowest BCUT2D eigenvalue weighted by Crippen LogP contribution is -2.49. The molecule has 2 aromatic carbocycles. The number of piperazine rings is 2. The van der Waals surface area contributed by atoms with Crippen LogP contribution in [0.25, 0.3) is 5.82 Å². The number of hydrogen-bond donors (Lipinski definition) is 0. The van der Waals surface area contributed by atoms with E-state index in [0.717, 1.165) is 58.3 Å². The highest BCUT2D eigenvalue weighted by molar-refractivity contribution is 14.1. The van der Waals surface area contributed by atoms with E-state index in [1.54, 1.807) is 34.5 Å². The zero-order valence-electron chi connectivity index (χ0n) is 32.2. The molecule has 14 nitrogen and oxygen atoms in total. The van der Waals surface area contributed by atoms with Crippen molar-refractivity contribution in [3.05, 3.63) is 89.8 Å². The number of rotatable bonds is 9. The minimum atomic E-state index is 0.0176. The topological polar surface area (TPSA) is 119 Å². The summed E-state index contributed by atoms with van der Waals surface area (Å²) in [5.74, 6) is 1.95. The van der Waals surface area contributed by atoms with Gasteiger partial charge in [-0.25, -0.2) is 4.98 Å². The fourth-order valence-corrected chi connectivity index (χ4v) is 7.99. The second-order valence-electron chi connectivity index (χ2n) is 13.5. The van der Waals surface area contributed by atoms with E-state index in [1.165, 1.54) is 0 Å². The zero-order chi connectivity index (χ0) is 41.0. The minimum absolute atomic E-state index is 0.0176. The van der Waals surface area contributed by atoms with Gasteiger partial charge in [0.2, 0.25) is 11.8 Å². The van der Waals surface area contributed by atoms with Crippen molar-refractivity contribution >= 4 is 92.2 Å². The van der Waals surface area contributed by atoms with Gasteiger partial charge in [-0.2, -0.15) is 10.2 Å². The molecule has 0 radical (unpaired) electrons. The first-order valence-corrected chi connectivity index (χ1v) is 20.7. The molecule has 2 saturated heterocycles. The van der Waals surface area contributed by atoms with Crippen LogP contribution in [-0.4, -0.2) is 117 Å². The summed E-state index contributed by atoms with van der Waals surface area (Å²) in [7, 11) is 3.21. The molecule has 2 amide bonds. The number of anilines is 2. The summed E-state index contributed by atoms with van der Waals surface area (Å²) in [4.78, 5) is 37.9. The van der Waals surface area contributed by atoms with Gasteiger partial charge in [-0.05, 0) is 67.6 Å². The number of aromatic nitrogens is 6. The number of aryl methyl sites for hydroxylation is 1. The summed E-state index contributed by atoms with van der Waals surface area (Å²) in [6, 6.07) is 11.5. The summed E-state index contributed by atoms with van der Waals surface area (Å²) >= 11 is 26.9. The summed E-state index contributed by atoms with van der Waals surface area (Å²) in [6.45, 7) is 11.6. The smallest absolute Gasteiger partial charge is 0.244 e. The van der Waals surface area contributed by atoms with Crippen molar-refractivity contribution < 1.29 is 19.1 Å². The molecule has 2 fully saturated rings. The van der Waals surface area contributed by atoms with Crippen LogP contribution in [0.5, 0.6) is 11.5 Å². The van der Waals surface area contributed by atoms with Gasteiger partial charge in [-0.1, -0.05) is 46.4 Å². The molecule has 0 bridgehead atoms. The predicted octanol–water partition coefficient (Wildman–Crippen LogP) is 6.81. The Morgan fingerprint density at radius 2 is 1.14 bits per heavy atom. The molecule has 0 aliphatic carbocycles. The molecule has 0 unspecified atom stereocenters. The Labute approximate surface area is 365 Å². The summed E-state index contributed by atoms with van der Waals surface area (Å²) in [5, 5.41) is 11.2. The van der Waals surface area contributed by atoms with E-state index >= 15 is 0 Å². The number of carbonyl (C=O) groups is 2. The van der Waals surface area contributed by atoms with Crippen LogP contribution in [0.4, 0.5) is 11.4 Å². The van der Waals surface area contributed by atoms with Crippen molar-refractivity contribution in [3.63, 3.8) is 0 Å². The molecule has 5 aromatic rings. The molecule has 5 heterocycles. The Balaban J connectivity index is 0.000000196. The van der Waals surface area contributed by atoms with Gasteiger partial charge in [0.05, 0.1) is 46.4 Å². The number of halogens is 5. The highest BCUT2D eigenvalue weighted by atomic mass is 127. The van der Waals surface area contributed by atoms with Crippen LogP contribution in [0.3, 0.4) is 0 Å². The third kappa shape index (κ3) is 9.87. The van der Waals surface area contributed by atoms with E-state index in [2.05, 4.69) is 47.6 Å². The zero-order valence-corrected chi connectivity index (χ0v) is 37.4. The largest absolute Gasteiger partial charge is 0.495 e. The number of hydrogen-bond acceptors (Lipinski definition) is 9. The Hall–Kier alpha value is -3.90. The molecule has 57 heavy (non-hydrogen) atoms. The summed E-state index contributed by atoms with van der Waals surface area (Å²) < 4.78 is 16.4. The van der Waals surface area contributed by atoms with E-state index in [-0.39, 0.29) is 24.9 Å². The normalized spacial score (nSPS) is 14.4. The Kier molecular flexibility index (Phi) is 14.1. The van der Waals surface area contributed by atoms with E-state index in [9.17, 15) is 9.59 Å². The van der Waals surface area contributed by atoms with Gasteiger partial charge in [0.15, 0.2) is 5.82 Å². The molecule has 7 rings (SSSR count). The highest BCUT2D eigenvalue weighted by Gasteiger charge is 2.26. The maximum atomic E-state index is 12.9. The third-order valence-corrected chi connectivity index (χ3v) is 12.6. The SMILES string of the molecule is COc1cc(N2CCN(C(=O)Cn3nc(-n4cnc(C)c4)c(Cl)c3C)CC2)ccc1Cl.COc1cc(N2CCN(C(=O)Cn3nc(I)c(Cl)c3C)CC2)ccc1Cl. The molecule has 3 aromatic heterocycles. The van der Waals surface area contributed by atoms with Gasteiger partial charge in [0.1, 0.15) is 39.6 Å². The second-order valence-corrected chi connectivity index (χ2v) is 16.1. The van der Waals surface area contributed by atoms with Crippen LogP contribution in [0.15, 0.2) is 48.9 Å². The average Bonchev–Trinajstić information content (AvgIpc) is 3.85. The van der Waals surface area contributed by atoms with Crippen molar-refractivity contribution in [1.82, 2.24) is 38.9 Å². The molecule has 0 N–H and O–H groups in total. The molecule has 2 aliphatic rings. The van der Waals surface area contributed by atoms with Gasteiger partial charge in [-0.3, -0.25) is 23.5 Å². The third-order valence-electron chi connectivity index (χ3n) is 10.0. The first-order valence-electron chi connectivity index (χ1n) is 18.1. The molecular weight excluding hydrogens is 929 g/mol. The predicted molar refractivity (Wildman–Crippen MR) is 232 cm³/mol. The van der Waals surface area contributed by atoms with Gasteiger partial charge >= 0.3 is 0 Å². The average molecular weight is 973 g/mol. The van der Waals surface area contributed by atoms with Gasteiger partial charge in [0, 0.05) is 82.1 Å². The second kappa shape index (κ2) is 18.8. The Morgan fingerprint density at radius 1 is 0.684 bits per heavy atom. The Morgan fingerprint density at radius 3 is 1.54 bits per heavy atom. The van der Waals surface area contributed by atoms with Gasteiger partial charge in [0.25, 0.3) is 0 Å². The number of benzene rings is 2. The van der Waals surface area contributed by atoms with Crippen LogP contribution >= 0.6 is 69.0 Å². The van der Waals surface area contributed by atoms with Gasteiger partial charge < -0.3 is 29.1 Å². The molecule has 0 spiro atoms. The number of nitrogens with zero attached hydrogens (tertiary/aromatic N) is 10.